The van der Waals surface area contributed by atoms with Gasteiger partial charge in [0.1, 0.15) is 35.2 Å². The Morgan fingerprint density at radius 1 is 1.27 bits per heavy atom. The second-order valence-electron chi connectivity index (χ2n) is 6.06. The molecule has 0 saturated carbocycles. The molecule has 1 aromatic carbocycles. The van der Waals surface area contributed by atoms with Gasteiger partial charge in [-0.3, -0.25) is 4.79 Å². The summed E-state index contributed by atoms with van der Waals surface area (Å²) in [7, 11) is 0. The van der Waals surface area contributed by atoms with Gasteiger partial charge in [0.2, 0.25) is 16.5 Å². The number of amides is 1. The summed E-state index contributed by atoms with van der Waals surface area (Å²) in [5.74, 6) is -0.781. The molecular weight excluding hydrogens is 525 g/mol. The first-order valence-corrected chi connectivity index (χ1v) is 10.5. The summed E-state index contributed by atoms with van der Waals surface area (Å²) < 4.78 is 96.3. The van der Waals surface area contributed by atoms with Crippen molar-refractivity contribution >= 4 is 40.3 Å². The van der Waals surface area contributed by atoms with Crippen molar-refractivity contribution in [3.8, 4) is 11.8 Å². The number of alkyl halides is 6. The van der Waals surface area contributed by atoms with Crippen LogP contribution in [0.2, 0.25) is 10.0 Å². The molecule has 1 heterocycles. The molecule has 0 saturated heterocycles. The fraction of sp³-hybridized carbons (Fsp3) is 0.353. The van der Waals surface area contributed by atoms with Gasteiger partial charge in [0.15, 0.2) is 0 Å². The van der Waals surface area contributed by atoms with Crippen LogP contribution < -0.4 is 5.32 Å². The van der Waals surface area contributed by atoms with Crippen molar-refractivity contribution in [2.45, 2.75) is 30.0 Å². The Bertz CT molecular complexity index is 1060. The van der Waals surface area contributed by atoms with E-state index in [2.05, 4.69) is 10.4 Å². The minimum absolute atomic E-state index is 0.157. The summed E-state index contributed by atoms with van der Waals surface area (Å²) in [5, 5.41) is 13.7. The van der Waals surface area contributed by atoms with Crippen molar-refractivity contribution < 1.29 is 40.4 Å². The highest BCUT2D eigenvalue weighted by Crippen LogP contribution is 2.40. The first-order valence-electron chi connectivity index (χ1n) is 8.64. The van der Waals surface area contributed by atoms with Crippen LogP contribution in [0.3, 0.4) is 0 Å². The van der Waals surface area contributed by atoms with E-state index < -0.39 is 79.5 Å². The van der Waals surface area contributed by atoms with Crippen molar-refractivity contribution in [2.75, 3.05) is 13.2 Å². The lowest BCUT2D eigenvalue weighted by Crippen LogP contribution is -2.30. The second-order valence-corrected chi connectivity index (χ2v) is 8.29. The van der Waals surface area contributed by atoms with Crippen molar-refractivity contribution in [1.82, 2.24) is 15.1 Å². The van der Waals surface area contributed by atoms with E-state index in [0.29, 0.717) is 16.8 Å². The number of nitrogens with zero attached hydrogens (tertiary/aromatic N) is 3. The summed E-state index contributed by atoms with van der Waals surface area (Å²) >= 11 is 8.06. The standard InChI is InChI=1S/C17H12Cl2F6N4O3S/c1-2-32-7-13(30)27-6-12-15(33(31)17(23,24)25)11(5-26)28-29(12)14-9(18)3-8(4-10(14)19)16(20,21)22/h3-4H,2,6-7H2,1H3,(H,27,30). The summed E-state index contributed by atoms with van der Waals surface area (Å²) in [6.45, 7) is 0.519. The Hall–Kier alpha value is -2.18. The van der Waals surface area contributed by atoms with E-state index in [-0.39, 0.29) is 6.61 Å². The highest BCUT2D eigenvalue weighted by molar-refractivity contribution is 7.92. The van der Waals surface area contributed by atoms with Gasteiger partial charge in [0.25, 0.3) is 0 Å². The van der Waals surface area contributed by atoms with Gasteiger partial charge in [-0.15, -0.1) is 13.2 Å². The smallest absolute Gasteiger partial charge is 0.578 e. The minimum Gasteiger partial charge on any atom is -0.604 e. The van der Waals surface area contributed by atoms with Gasteiger partial charge in [0.05, 0.1) is 22.2 Å². The predicted molar refractivity (Wildman–Crippen MR) is 104 cm³/mol. The van der Waals surface area contributed by atoms with Crippen LogP contribution in [0.25, 0.3) is 5.69 Å². The van der Waals surface area contributed by atoms with Crippen LogP contribution in [0.1, 0.15) is 23.9 Å². The number of hydrogen-bond donors (Lipinski definition) is 1. The van der Waals surface area contributed by atoms with Crippen LogP contribution in [0.5, 0.6) is 0 Å². The number of carbonyl (C=O) groups excluding carboxylic acids is 1. The zero-order valence-electron chi connectivity index (χ0n) is 16.3. The Morgan fingerprint density at radius 3 is 2.30 bits per heavy atom. The number of nitriles is 1. The van der Waals surface area contributed by atoms with E-state index >= 15 is 0 Å². The zero-order valence-corrected chi connectivity index (χ0v) is 18.6. The predicted octanol–water partition coefficient (Wildman–Crippen LogP) is 4.35. The fourth-order valence-corrected chi connectivity index (χ4v) is 4.04. The number of rotatable bonds is 7. The highest BCUT2D eigenvalue weighted by atomic mass is 35.5. The molecule has 0 aliphatic heterocycles. The molecule has 2 aromatic rings. The molecular formula is C17H12Cl2F6N4O3S. The SMILES string of the molecule is CCOCC(=O)NCc1c([S+]([O-])C(F)(F)F)c(C#N)nn1-c1c(Cl)cc(C(F)(F)F)cc1Cl. The molecule has 1 atom stereocenters. The first kappa shape index (κ1) is 27.1. The maximum atomic E-state index is 13.2. The quantitative estimate of drug-likeness (QED) is 0.418. The zero-order chi connectivity index (χ0) is 25.1. The molecule has 16 heteroatoms. The van der Waals surface area contributed by atoms with Crippen molar-refractivity contribution in [3.05, 3.63) is 39.1 Å². The number of aromatic nitrogens is 2. The van der Waals surface area contributed by atoms with Crippen molar-refractivity contribution in [3.63, 3.8) is 0 Å². The van der Waals surface area contributed by atoms with Gasteiger partial charge >= 0.3 is 11.7 Å². The average molecular weight is 537 g/mol. The third-order valence-electron chi connectivity index (χ3n) is 3.88. The molecule has 1 aromatic heterocycles. The average Bonchev–Trinajstić information content (AvgIpc) is 3.06. The number of halogens is 8. The van der Waals surface area contributed by atoms with Gasteiger partial charge in [-0.25, -0.2) is 4.68 Å². The second kappa shape index (κ2) is 10.4. The van der Waals surface area contributed by atoms with E-state index in [4.69, 9.17) is 27.9 Å². The Kier molecular flexibility index (Phi) is 8.52. The van der Waals surface area contributed by atoms with Crippen molar-refractivity contribution in [1.29, 1.82) is 5.26 Å². The van der Waals surface area contributed by atoms with E-state index in [1.165, 1.54) is 6.07 Å². The fourth-order valence-electron chi connectivity index (χ4n) is 2.52. The number of nitrogens with one attached hydrogen (secondary N) is 1. The number of benzene rings is 1. The molecule has 0 aliphatic carbocycles. The van der Waals surface area contributed by atoms with Gasteiger partial charge in [-0.05, 0) is 19.1 Å². The molecule has 0 aliphatic rings. The molecule has 0 spiro atoms. The van der Waals surface area contributed by atoms with E-state index in [9.17, 15) is 41.0 Å². The van der Waals surface area contributed by atoms with Crippen molar-refractivity contribution in [2.24, 2.45) is 0 Å². The molecule has 1 amide bonds. The van der Waals surface area contributed by atoms with E-state index in [0.717, 1.165) is 0 Å². The Balaban J connectivity index is 2.71. The van der Waals surface area contributed by atoms with Crippen LogP contribution in [-0.4, -0.2) is 39.0 Å². The van der Waals surface area contributed by atoms with Gasteiger partial charge in [-0.2, -0.15) is 23.5 Å². The normalized spacial score (nSPS) is 13.0. The minimum atomic E-state index is -5.32. The lowest BCUT2D eigenvalue weighted by atomic mass is 10.2. The lowest BCUT2D eigenvalue weighted by Gasteiger charge is -2.16. The molecule has 33 heavy (non-hydrogen) atoms. The van der Waals surface area contributed by atoms with E-state index in [1.54, 1.807) is 6.92 Å². The Labute approximate surface area is 195 Å². The van der Waals surface area contributed by atoms with Crippen LogP contribution >= 0.6 is 23.2 Å². The molecule has 0 radical (unpaired) electrons. The molecule has 0 bridgehead atoms. The van der Waals surface area contributed by atoms with Gasteiger partial charge < -0.3 is 14.6 Å². The lowest BCUT2D eigenvalue weighted by molar-refractivity contribution is -0.137. The summed E-state index contributed by atoms with van der Waals surface area (Å²) in [5.41, 5.74) is -8.67. The maximum Gasteiger partial charge on any atom is 0.578 e. The number of ether oxygens (including phenoxy) is 1. The molecule has 7 nitrogen and oxygen atoms in total. The number of hydrogen-bond acceptors (Lipinski definition) is 5. The van der Waals surface area contributed by atoms with Crippen LogP contribution in [0.4, 0.5) is 26.3 Å². The highest BCUT2D eigenvalue weighted by Gasteiger charge is 2.50. The van der Waals surface area contributed by atoms with Crippen LogP contribution in [0, 0.1) is 11.3 Å². The first-order chi connectivity index (χ1) is 15.2. The molecule has 180 valence electrons. The maximum absolute atomic E-state index is 13.2. The summed E-state index contributed by atoms with van der Waals surface area (Å²) in [6, 6.07) is 2.25. The molecule has 1 N–H and O–H groups in total. The molecule has 0 fully saturated rings. The van der Waals surface area contributed by atoms with Gasteiger partial charge in [-0.1, -0.05) is 23.2 Å². The topological polar surface area (TPSA) is 103 Å². The third kappa shape index (κ3) is 6.24. The van der Waals surface area contributed by atoms with Gasteiger partial charge in [0, 0.05) is 6.61 Å². The van der Waals surface area contributed by atoms with Crippen LogP contribution in [0.15, 0.2) is 17.0 Å². The van der Waals surface area contributed by atoms with E-state index in [1.807, 2.05) is 0 Å². The number of carbonyl (C=O) groups is 1. The monoisotopic (exact) mass is 536 g/mol. The third-order valence-corrected chi connectivity index (χ3v) is 5.68. The largest absolute Gasteiger partial charge is 0.604 e. The van der Waals surface area contributed by atoms with Crippen LogP contribution in [-0.2, 0) is 33.4 Å². The summed E-state index contributed by atoms with van der Waals surface area (Å²) in [4.78, 5) is 10.8. The Morgan fingerprint density at radius 2 is 1.85 bits per heavy atom. The molecule has 1 unspecified atom stereocenters. The summed E-state index contributed by atoms with van der Waals surface area (Å²) in [6.07, 6.45) is -4.84. The molecule has 2 rings (SSSR count).